The van der Waals surface area contributed by atoms with E-state index in [4.69, 9.17) is 21.4 Å². The minimum absolute atomic E-state index is 0.0876. The van der Waals surface area contributed by atoms with Crippen molar-refractivity contribution in [3.63, 3.8) is 0 Å². The number of hydrogen-bond acceptors (Lipinski definition) is 3. The van der Waals surface area contributed by atoms with Crippen molar-refractivity contribution in [1.82, 2.24) is 5.32 Å². The minimum atomic E-state index is -0.187. The molecule has 0 bridgehead atoms. The summed E-state index contributed by atoms with van der Waals surface area (Å²) in [6.45, 7) is 0.879. The molecule has 0 aliphatic rings. The molecule has 2 aromatic carbocycles. The van der Waals surface area contributed by atoms with Gasteiger partial charge >= 0.3 is 0 Å². The second kappa shape index (κ2) is 8.91. The van der Waals surface area contributed by atoms with Gasteiger partial charge in [0.1, 0.15) is 5.75 Å². The van der Waals surface area contributed by atoms with Crippen molar-refractivity contribution in [2.24, 2.45) is 0 Å². The second-order valence-corrected chi connectivity index (χ2v) is 6.11. The number of carbonyl (C=O) groups excluding carboxylic acids is 1. The SMILES string of the molecule is O=C(NCc1ccccc1OCCCO)c1ccc(Cl)c(Br)c1. The number of amides is 1. The molecule has 6 heteroatoms. The van der Waals surface area contributed by atoms with Gasteiger partial charge in [-0.2, -0.15) is 0 Å². The van der Waals surface area contributed by atoms with Gasteiger partial charge < -0.3 is 15.2 Å². The van der Waals surface area contributed by atoms with Gasteiger partial charge in [0.05, 0.1) is 11.6 Å². The number of para-hydroxylation sites is 1. The number of nitrogens with one attached hydrogen (secondary N) is 1. The van der Waals surface area contributed by atoms with Crippen molar-refractivity contribution < 1.29 is 14.6 Å². The number of hydrogen-bond donors (Lipinski definition) is 2. The van der Waals surface area contributed by atoms with Crippen molar-refractivity contribution in [3.8, 4) is 5.75 Å². The molecular formula is C17H17BrClNO3. The highest BCUT2D eigenvalue weighted by Crippen LogP contribution is 2.23. The topological polar surface area (TPSA) is 58.6 Å². The lowest BCUT2D eigenvalue weighted by Crippen LogP contribution is -2.23. The fourth-order valence-electron chi connectivity index (χ4n) is 1.95. The Hall–Kier alpha value is -1.56. The van der Waals surface area contributed by atoms with Gasteiger partial charge in [0.2, 0.25) is 0 Å². The van der Waals surface area contributed by atoms with Crippen molar-refractivity contribution in [3.05, 3.63) is 63.1 Å². The normalized spacial score (nSPS) is 10.4. The van der Waals surface area contributed by atoms with E-state index in [2.05, 4.69) is 21.2 Å². The van der Waals surface area contributed by atoms with Crippen LogP contribution in [-0.2, 0) is 6.54 Å². The summed E-state index contributed by atoms with van der Waals surface area (Å²) in [4.78, 5) is 12.2. The fourth-order valence-corrected chi connectivity index (χ4v) is 2.45. The smallest absolute Gasteiger partial charge is 0.251 e. The average Bonchev–Trinajstić information content (AvgIpc) is 2.56. The first-order chi connectivity index (χ1) is 11.1. The number of carbonyl (C=O) groups is 1. The van der Waals surface area contributed by atoms with Crippen molar-refractivity contribution in [2.45, 2.75) is 13.0 Å². The van der Waals surface area contributed by atoms with E-state index in [-0.39, 0.29) is 12.5 Å². The van der Waals surface area contributed by atoms with E-state index in [0.717, 1.165) is 5.56 Å². The quantitative estimate of drug-likeness (QED) is 0.698. The molecule has 23 heavy (non-hydrogen) atoms. The Labute approximate surface area is 148 Å². The molecule has 0 saturated heterocycles. The third kappa shape index (κ3) is 5.23. The van der Waals surface area contributed by atoms with Crippen LogP contribution in [0, 0.1) is 0 Å². The first-order valence-electron chi connectivity index (χ1n) is 7.16. The molecule has 0 aliphatic carbocycles. The third-order valence-corrected chi connectivity index (χ3v) is 4.37. The summed E-state index contributed by atoms with van der Waals surface area (Å²) in [6.07, 6.45) is 0.569. The second-order valence-electron chi connectivity index (χ2n) is 4.84. The molecule has 2 N–H and O–H groups in total. The number of aliphatic hydroxyl groups excluding tert-OH is 1. The summed E-state index contributed by atoms with van der Waals surface area (Å²) >= 11 is 9.23. The number of ether oxygens (including phenoxy) is 1. The van der Waals surface area contributed by atoms with Gasteiger partial charge in [-0.1, -0.05) is 29.8 Å². The van der Waals surface area contributed by atoms with Crippen LogP contribution in [0.25, 0.3) is 0 Å². The number of rotatable bonds is 7. The number of benzene rings is 2. The van der Waals surface area contributed by atoms with E-state index in [1.165, 1.54) is 0 Å². The van der Waals surface area contributed by atoms with E-state index in [0.29, 0.717) is 40.4 Å². The molecule has 2 aromatic rings. The van der Waals surface area contributed by atoms with E-state index in [9.17, 15) is 4.79 Å². The largest absolute Gasteiger partial charge is 0.493 e. The summed E-state index contributed by atoms with van der Waals surface area (Å²) in [5.41, 5.74) is 1.41. The van der Waals surface area contributed by atoms with Crippen LogP contribution in [0.1, 0.15) is 22.3 Å². The average molecular weight is 399 g/mol. The first-order valence-corrected chi connectivity index (χ1v) is 8.33. The molecule has 0 radical (unpaired) electrons. The van der Waals surface area contributed by atoms with Crippen LogP contribution in [0.3, 0.4) is 0 Å². The Kier molecular flexibility index (Phi) is 6.89. The lowest BCUT2D eigenvalue weighted by Gasteiger charge is -2.12. The van der Waals surface area contributed by atoms with E-state index < -0.39 is 0 Å². The van der Waals surface area contributed by atoms with Crippen LogP contribution in [0.15, 0.2) is 46.9 Å². The molecule has 0 spiro atoms. The van der Waals surface area contributed by atoms with Gasteiger partial charge in [0, 0.05) is 35.2 Å². The maximum Gasteiger partial charge on any atom is 0.251 e. The Morgan fingerprint density at radius 2 is 2.04 bits per heavy atom. The Morgan fingerprint density at radius 1 is 1.26 bits per heavy atom. The van der Waals surface area contributed by atoms with Gasteiger partial charge in [-0.3, -0.25) is 4.79 Å². The monoisotopic (exact) mass is 397 g/mol. The predicted octanol–water partition coefficient (Wildman–Crippen LogP) is 3.79. The lowest BCUT2D eigenvalue weighted by molar-refractivity contribution is 0.0950. The Balaban J connectivity index is 1.99. The molecule has 0 saturated carbocycles. The molecule has 2 rings (SSSR count). The predicted molar refractivity (Wildman–Crippen MR) is 94.0 cm³/mol. The fraction of sp³-hybridized carbons (Fsp3) is 0.235. The van der Waals surface area contributed by atoms with Crippen LogP contribution in [0.5, 0.6) is 5.75 Å². The van der Waals surface area contributed by atoms with Gasteiger partial charge in [-0.05, 0) is 40.2 Å². The Bertz CT molecular complexity index is 679. The van der Waals surface area contributed by atoms with Crippen LogP contribution in [0.4, 0.5) is 0 Å². The van der Waals surface area contributed by atoms with E-state index in [1.807, 2.05) is 24.3 Å². The zero-order valence-electron chi connectivity index (χ0n) is 12.4. The zero-order valence-corrected chi connectivity index (χ0v) is 14.7. The molecule has 0 aromatic heterocycles. The highest BCUT2D eigenvalue weighted by Gasteiger charge is 2.09. The van der Waals surface area contributed by atoms with Gasteiger partial charge in [-0.15, -0.1) is 0 Å². The van der Waals surface area contributed by atoms with E-state index >= 15 is 0 Å². The van der Waals surface area contributed by atoms with Crippen LogP contribution >= 0.6 is 27.5 Å². The Morgan fingerprint density at radius 3 is 2.78 bits per heavy atom. The van der Waals surface area contributed by atoms with Gasteiger partial charge in [0.25, 0.3) is 5.91 Å². The number of halogens is 2. The summed E-state index contributed by atoms with van der Waals surface area (Å²) in [7, 11) is 0. The maximum atomic E-state index is 12.2. The molecule has 122 valence electrons. The van der Waals surface area contributed by atoms with Crippen LogP contribution in [-0.4, -0.2) is 24.2 Å². The standard InChI is InChI=1S/C17H17BrClNO3/c18-14-10-12(6-7-15(14)19)17(22)20-11-13-4-1-2-5-16(13)23-9-3-8-21/h1-2,4-7,10,21H,3,8-9,11H2,(H,20,22). The summed E-state index contributed by atoms with van der Waals surface area (Å²) in [5, 5.41) is 12.2. The lowest BCUT2D eigenvalue weighted by atomic mass is 10.1. The zero-order chi connectivity index (χ0) is 16.7. The van der Waals surface area contributed by atoms with Gasteiger partial charge in [-0.25, -0.2) is 0 Å². The van der Waals surface area contributed by atoms with Crippen LogP contribution < -0.4 is 10.1 Å². The molecule has 0 fully saturated rings. The van der Waals surface area contributed by atoms with Crippen molar-refractivity contribution in [2.75, 3.05) is 13.2 Å². The summed E-state index contributed by atoms with van der Waals surface area (Å²) in [5.74, 6) is 0.520. The third-order valence-electron chi connectivity index (χ3n) is 3.15. The molecule has 0 atom stereocenters. The number of aliphatic hydroxyl groups is 1. The maximum absolute atomic E-state index is 12.2. The van der Waals surface area contributed by atoms with Gasteiger partial charge in [0.15, 0.2) is 0 Å². The molecule has 0 aliphatic heterocycles. The highest BCUT2D eigenvalue weighted by atomic mass is 79.9. The molecular weight excluding hydrogens is 382 g/mol. The molecule has 4 nitrogen and oxygen atoms in total. The summed E-state index contributed by atoms with van der Waals surface area (Å²) < 4.78 is 6.29. The molecule has 0 heterocycles. The van der Waals surface area contributed by atoms with E-state index in [1.54, 1.807) is 18.2 Å². The highest BCUT2D eigenvalue weighted by molar-refractivity contribution is 9.10. The first kappa shape index (κ1) is 17.8. The van der Waals surface area contributed by atoms with Crippen LogP contribution in [0.2, 0.25) is 5.02 Å². The summed E-state index contributed by atoms with van der Waals surface area (Å²) in [6, 6.07) is 12.5. The molecule has 1 amide bonds. The molecule has 0 unspecified atom stereocenters. The minimum Gasteiger partial charge on any atom is -0.493 e. The van der Waals surface area contributed by atoms with Crippen molar-refractivity contribution in [1.29, 1.82) is 0 Å². The van der Waals surface area contributed by atoms with Crippen molar-refractivity contribution >= 4 is 33.4 Å².